The second kappa shape index (κ2) is 6.32. The van der Waals surface area contributed by atoms with Crippen molar-refractivity contribution < 1.29 is 0 Å². The SMILES string of the molecule is C=C(C)c1ccc(Cl)c(Cc2nc3c(C)cc(C#N)cc3[nH]2)c1Cl. The standard InChI is InChI=1S/C19H15Cl2N3/c1-10(2)13-4-5-15(20)14(18(13)21)8-17-23-16-7-12(9-22)6-11(3)19(16)24-17/h4-7H,1,8H2,2-3H3,(H,23,24). The molecule has 0 fully saturated rings. The van der Waals surface area contributed by atoms with Crippen LogP contribution in [0.15, 0.2) is 30.8 Å². The Hall–Kier alpha value is -2.28. The molecule has 1 aromatic heterocycles. The Bertz CT molecular complexity index is 1010. The van der Waals surface area contributed by atoms with E-state index in [1.165, 1.54) is 0 Å². The number of halogens is 2. The van der Waals surface area contributed by atoms with Gasteiger partial charge in [0.1, 0.15) is 5.82 Å². The summed E-state index contributed by atoms with van der Waals surface area (Å²) >= 11 is 12.8. The molecule has 120 valence electrons. The van der Waals surface area contributed by atoms with Crippen molar-refractivity contribution in [3.05, 3.63) is 69.0 Å². The first-order chi connectivity index (χ1) is 11.4. The molecule has 3 rings (SSSR count). The van der Waals surface area contributed by atoms with Crippen LogP contribution in [0.3, 0.4) is 0 Å². The molecule has 0 unspecified atom stereocenters. The minimum Gasteiger partial charge on any atom is -0.342 e. The van der Waals surface area contributed by atoms with E-state index in [2.05, 4.69) is 22.6 Å². The Balaban J connectivity index is 2.08. The number of benzene rings is 2. The number of aromatic nitrogens is 2. The van der Waals surface area contributed by atoms with Gasteiger partial charge in [0.25, 0.3) is 0 Å². The first-order valence-electron chi connectivity index (χ1n) is 7.42. The first-order valence-corrected chi connectivity index (χ1v) is 8.18. The van der Waals surface area contributed by atoms with Crippen molar-refractivity contribution >= 4 is 39.8 Å². The smallest absolute Gasteiger partial charge is 0.111 e. The molecule has 5 heteroatoms. The van der Waals surface area contributed by atoms with Gasteiger partial charge < -0.3 is 4.98 Å². The highest BCUT2D eigenvalue weighted by Crippen LogP contribution is 2.33. The van der Waals surface area contributed by atoms with E-state index in [1.54, 1.807) is 6.07 Å². The Kier molecular flexibility index (Phi) is 4.36. The van der Waals surface area contributed by atoms with Crippen molar-refractivity contribution in [1.29, 1.82) is 5.26 Å². The van der Waals surface area contributed by atoms with Crippen molar-refractivity contribution in [2.45, 2.75) is 20.3 Å². The molecule has 0 radical (unpaired) electrons. The maximum atomic E-state index is 9.09. The number of aromatic amines is 1. The molecule has 3 nitrogen and oxygen atoms in total. The van der Waals surface area contributed by atoms with Crippen LogP contribution in [-0.2, 0) is 6.42 Å². The molecule has 0 aliphatic carbocycles. The first kappa shape index (κ1) is 16.6. The van der Waals surface area contributed by atoms with Crippen LogP contribution >= 0.6 is 23.2 Å². The minimum absolute atomic E-state index is 0.481. The van der Waals surface area contributed by atoms with Gasteiger partial charge >= 0.3 is 0 Å². The van der Waals surface area contributed by atoms with Crippen LogP contribution in [0, 0.1) is 18.3 Å². The summed E-state index contributed by atoms with van der Waals surface area (Å²) in [5.41, 5.74) is 5.84. The van der Waals surface area contributed by atoms with Crippen molar-refractivity contribution in [1.82, 2.24) is 9.97 Å². The Labute approximate surface area is 150 Å². The monoisotopic (exact) mass is 355 g/mol. The van der Waals surface area contributed by atoms with Gasteiger partial charge in [0.05, 0.1) is 27.7 Å². The van der Waals surface area contributed by atoms with Crippen molar-refractivity contribution in [2.75, 3.05) is 0 Å². The van der Waals surface area contributed by atoms with Crippen LogP contribution in [0.5, 0.6) is 0 Å². The van der Waals surface area contributed by atoms with Crippen LogP contribution in [0.2, 0.25) is 10.0 Å². The molecule has 0 amide bonds. The van der Waals surface area contributed by atoms with Gasteiger partial charge in [-0.1, -0.05) is 35.8 Å². The van der Waals surface area contributed by atoms with Crippen LogP contribution < -0.4 is 0 Å². The van der Waals surface area contributed by atoms with E-state index in [9.17, 15) is 0 Å². The maximum Gasteiger partial charge on any atom is 0.111 e. The quantitative estimate of drug-likeness (QED) is 0.657. The number of aryl methyl sites for hydroxylation is 1. The number of nitriles is 1. The van der Waals surface area contributed by atoms with Gasteiger partial charge in [0.2, 0.25) is 0 Å². The third kappa shape index (κ3) is 2.91. The summed E-state index contributed by atoms with van der Waals surface area (Å²) in [7, 11) is 0. The van der Waals surface area contributed by atoms with Crippen molar-refractivity contribution in [2.24, 2.45) is 0 Å². The molecule has 0 aliphatic heterocycles. The van der Waals surface area contributed by atoms with E-state index in [0.717, 1.165) is 39.1 Å². The number of allylic oxidation sites excluding steroid dienone is 1. The van der Waals surface area contributed by atoms with Gasteiger partial charge in [-0.15, -0.1) is 0 Å². The summed E-state index contributed by atoms with van der Waals surface area (Å²) in [5, 5.41) is 10.3. The predicted octanol–water partition coefficient (Wildman–Crippen LogP) is 5.67. The highest BCUT2D eigenvalue weighted by molar-refractivity contribution is 6.37. The van der Waals surface area contributed by atoms with E-state index >= 15 is 0 Å². The lowest BCUT2D eigenvalue weighted by Gasteiger charge is -2.10. The molecule has 1 heterocycles. The van der Waals surface area contributed by atoms with Gasteiger partial charge in [-0.25, -0.2) is 4.98 Å². The van der Waals surface area contributed by atoms with Gasteiger partial charge in [0.15, 0.2) is 0 Å². The number of H-pyrrole nitrogens is 1. The molecule has 0 atom stereocenters. The van der Waals surface area contributed by atoms with Crippen LogP contribution in [0.1, 0.15) is 35.0 Å². The maximum absolute atomic E-state index is 9.09. The summed E-state index contributed by atoms with van der Waals surface area (Å²) in [6.45, 7) is 7.80. The third-order valence-electron chi connectivity index (χ3n) is 3.95. The number of fused-ring (bicyclic) bond motifs is 1. The largest absolute Gasteiger partial charge is 0.342 e. The van der Waals surface area contributed by atoms with Crippen molar-refractivity contribution in [3.8, 4) is 6.07 Å². The van der Waals surface area contributed by atoms with Crippen LogP contribution in [-0.4, -0.2) is 9.97 Å². The summed E-state index contributed by atoms with van der Waals surface area (Å²) in [5.74, 6) is 0.755. The second-order valence-corrected chi connectivity index (χ2v) is 6.61. The summed E-state index contributed by atoms with van der Waals surface area (Å²) in [4.78, 5) is 7.90. The molecule has 3 aromatic rings. The van der Waals surface area contributed by atoms with Crippen LogP contribution in [0.4, 0.5) is 0 Å². The van der Waals surface area contributed by atoms with Gasteiger partial charge in [-0.3, -0.25) is 0 Å². The number of hydrogen-bond donors (Lipinski definition) is 1. The number of imidazole rings is 1. The molecule has 0 bridgehead atoms. The Morgan fingerprint density at radius 1 is 1.33 bits per heavy atom. The highest BCUT2D eigenvalue weighted by Gasteiger charge is 2.15. The Morgan fingerprint density at radius 3 is 2.75 bits per heavy atom. The van der Waals surface area contributed by atoms with Gasteiger partial charge in [0, 0.05) is 11.4 Å². The lowest BCUT2D eigenvalue weighted by molar-refractivity contribution is 1.04. The lowest BCUT2D eigenvalue weighted by atomic mass is 10.0. The van der Waals surface area contributed by atoms with Crippen molar-refractivity contribution in [3.63, 3.8) is 0 Å². The van der Waals surface area contributed by atoms with Gasteiger partial charge in [-0.05, 0) is 54.3 Å². The zero-order chi connectivity index (χ0) is 17.4. The number of hydrogen-bond acceptors (Lipinski definition) is 2. The number of nitrogens with one attached hydrogen (secondary N) is 1. The fraction of sp³-hybridized carbons (Fsp3) is 0.158. The molecule has 0 saturated carbocycles. The van der Waals surface area contributed by atoms with E-state index in [1.807, 2.05) is 32.0 Å². The zero-order valence-electron chi connectivity index (χ0n) is 13.4. The zero-order valence-corrected chi connectivity index (χ0v) is 14.9. The fourth-order valence-electron chi connectivity index (χ4n) is 2.75. The van der Waals surface area contributed by atoms with E-state index in [-0.39, 0.29) is 0 Å². The van der Waals surface area contributed by atoms with Crippen LogP contribution in [0.25, 0.3) is 16.6 Å². The molecule has 24 heavy (non-hydrogen) atoms. The average Bonchev–Trinajstić information content (AvgIpc) is 2.94. The molecule has 1 N–H and O–H groups in total. The molecule has 0 saturated heterocycles. The van der Waals surface area contributed by atoms with Gasteiger partial charge in [-0.2, -0.15) is 5.26 Å². The van der Waals surface area contributed by atoms with E-state index in [4.69, 9.17) is 28.5 Å². The Morgan fingerprint density at radius 2 is 2.08 bits per heavy atom. The molecule has 2 aromatic carbocycles. The third-order valence-corrected chi connectivity index (χ3v) is 4.73. The van der Waals surface area contributed by atoms with E-state index < -0.39 is 0 Å². The fourth-order valence-corrected chi connectivity index (χ4v) is 3.41. The highest BCUT2D eigenvalue weighted by atomic mass is 35.5. The second-order valence-electron chi connectivity index (χ2n) is 5.83. The normalized spacial score (nSPS) is 10.8. The topological polar surface area (TPSA) is 52.5 Å². The molecule has 0 aliphatic rings. The lowest BCUT2D eigenvalue weighted by Crippen LogP contribution is -1.96. The summed E-state index contributed by atoms with van der Waals surface area (Å²) < 4.78 is 0. The average molecular weight is 356 g/mol. The van der Waals surface area contributed by atoms with E-state index in [0.29, 0.717) is 22.0 Å². The molecule has 0 spiro atoms. The number of rotatable bonds is 3. The predicted molar refractivity (Wildman–Crippen MR) is 99.5 cm³/mol. The summed E-state index contributed by atoms with van der Waals surface area (Å²) in [6, 6.07) is 9.48. The minimum atomic E-state index is 0.481. The molecular weight excluding hydrogens is 341 g/mol. The number of nitrogens with zero attached hydrogens (tertiary/aromatic N) is 2. The molecular formula is C19H15Cl2N3. The summed E-state index contributed by atoms with van der Waals surface area (Å²) in [6.07, 6.45) is 0.481.